The molecule has 2 rings (SSSR count). The third kappa shape index (κ3) is 4.36. The summed E-state index contributed by atoms with van der Waals surface area (Å²) in [6.07, 6.45) is 2.71. The van der Waals surface area contributed by atoms with Gasteiger partial charge in [0.2, 0.25) is 0 Å². The van der Waals surface area contributed by atoms with E-state index in [-0.39, 0.29) is 5.54 Å². The zero-order chi connectivity index (χ0) is 14.0. The minimum Gasteiger partial charge on any atom is -0.463 e. The van der Waals surface area contributed by atoms with Crippen molar-refractivity contribution in [1.82, 2.24) is 10.2 Å². The lowest BCUT2D eigenvalue weighted by Gasteiger charge is -2.20. The van der Waals surface area contributed by atoms with Crippen LogP contribution in [0.2, 0.25) is 0 Å². The van der Waals surface area contributed by atoms with E-state index in [4.69, 9.17) is 4.42 Å². The molecule has 0 amide bonds. The molecule has 0 atom stereocenters. The highest BCUT2D eigenvalue weighted by molar-refractivity contribution is 5.20. The van der Waals surface area contributed by atoms with Crippen LogP contribution < -0.4 is 5.32 Å². The van der Waals surface area contributed by atoms with E-state index in [1.807, 2.05) is 0 Å². The maximum Gasteiger partial charge on any atom is 0.120 e. The van der Waals surface area contributed by atoms with Gasteiger partial charge in [-0.05, 0) is 58.7 Å². The second-order valence-corrected chi connectivity index (χ2v) is 6.72. The van der Waals surface area contributed by atoms with Crippen molar-refractivity contribution < 1.29 is 4.42 Å². The smallest absolute Gasteiger partial charge is 0.120 e. The van der Waals surface area contributed by atoms with Crippen LogP contribution in [-0.2, 0) is 13.1 Å². The fourth-order valence-electron chi connectivity index (χ4n) is 2.33. The van der Waals surface area contributed by atoms with Gasteiger partial charge in [0.15, 0.2) is 0 Å². The first-order chi connectivity index (χ1) is 8.89. The molecule has 108 valence electrons. The van der Waals surface area contributed by atoms with Crippen molar-refractivity contribution in [3.63, 3.8) is 0 Å². The molecule has 0 bridgehead atoms. The van der Waals surface area contributed by atoms with E-state index < -0.39 is 0 Å². The summed E-state index contributed by atoms with van der Waals surface area (Å²) in [4.78, 5) is 2.51. The second-order valence-electron chi connectivity index (χ2n) is 6.72. The number of hydrogen-bond acceptors (Lipinski definition) is 3. The van der Waals surface area contributed by atoms with Gasteiger partial charge in [-0.15, -0.1) is 0 Å². The first-order valence-corrected chi connectivity index (χ1v) is 7.46. The van der Waals surface area contributed by atoms with Crippen molar-refractivity contribution in [3.05, 3.63) is 23.2 Å². The van der Waals surface area contributed by atoms with Crippen molar-refractivity contribution in [2.75, 3.05) is 6.54 Å². The minimum absolute atomic E-state index is 0.128. The van der Waals surface area contributed by atoms with E-state index in [1.165, 1.54) is 18.4 Å². The van der Waals surface area contributed by atoms with Gasteiger partial charge in [-0.3, -0.25) is 4.90 Å². The Morgan fingerprint density at radius 2 is 2.05 bits per heavy atom. The topological polar surface area (TPSA) is 28.4 Å². The highest BCUT2D eigenvalue weighted by Gasteiger charge is 2.28. The summed E-state index contributed by atoms with van der Waals surface area (Å²) >= 11 is 0. The average molecular weight is 264 g/mol. The van der Waals surface area contributed by atoms with Gasteiger partial charge < -0.3 is 9.73 Å². The summed E-state index contributed by atoms with van der Waals surface area (Å²) in [6.45, 7) is 13.8. The number of aryl methyl sites for hydroxylation is 1. The van der Waals surface area contributed by atoms with Crippen molar-refractivity contribution in [2.24, 2.45) is 0 Å². The van der Waals surface area contributed by atoms with Gasteiger partial charge in [-0.2, -0.15) is 0 Å². The summed E-state index contributed by atoms with van der Waals surface area (Å²) in [6, 6.07) is 3.00. The molecule has 1 saturated carbocycles. The van der Waals surface area contributed by atoms with Gasteiger partial charge in [0.25, 0.3) is 0 Å². The third-order valence-electron chi connectivity index (χ3n) is 3.68. The molecule has 0 saturated heterocycles. The van der Waals surface area contributed by atoms with Gasteiger partial charge in [0.05, 0.1) is 13.1 Å². The summed E-state index contributed by atoms with van der Waals surface area (Å²) in [5.41, 5.74) is 1.39. The fraction of sp³-hybridized carbons (Fsp3) is 0.750. The Morgan fingerprint density at radius 3 is 2.58 bits per heavy atom. The molecule has 1 heterocycles. The maximum atomic E-state index is 6.02. The fourth-order valence-corrected chi connectivity index (χ4v) is 2.33. The molecule has 1 fully saturated rings. The quantitative estimate of drug-likeness (QED) is 0.853. The molecule has 0 aliphatic heterocycles. The molecule has 1 aromatic heterocycles. The Bertz CT molecular complexity index is 413. The van der Waals surface area contributed by atoms with Gasteiger partial charge in [0.1, 0.15) is 11.5 Å². The normalized spacial score (nSPS) is 16.3. The van der Waals surface area contributed by atoms with E-state index >= 15 is 0 Å². The monoisotopic (exact) mass is 264 g/mol. The Hall–Kier alpha value is -0.800. The predicted octanol–water partition coefficient (Wildman–Crippen LogP) is 3.46. The summed E-state index contributed by atoms with van der Waals surface area (Å²) in [5.74, 6) is 2.19. The van der Waals surface area contributed by atoms with Crippen molar-refractivity contribution in [3.8, 4) is 0 Å². The van der Waals surface area contributed by atoms with E-state index in [9.17, 15) is 0 Å². The van der Waals surface area contributed by atoms with Crippen LogP contribution in [-0.4, -0.2) is 23.0 Å². The molecule has 1 aliphatic rings. The van der Waals surface area contributed by atoms with E-state index in [2.05, 4.69) is 50.9 Å². The minimum atomic E-state index is 0.128. The van der Waals surface area contributed by atoms with Crippen molar-refractivity contribution in [1.29, 1.82) is 0 Å². The molecule has 19 heavy (non-hydrogen) atoms. The molecule has 0 radical (unpaired) electrons. The van der Waals surface area contributed by atoms with Crippen LogP contribution in [0.3, 0.4) is 0 Å². The Kier molecular flexibility index (Phi) is 4.36. The van der Waals surface area contributed by atoms with Crippen LogP contribution in [0.5, 0.6) is 0 Å². The summed E-state index contributed by atoms with van der Waals surface area (Å²) in [7, 11) is 0. The summed E-state index contributed by atoms with van der Waals surface area (Å²) in [5, 5.41) is 3.49. The van der Waals surface area contributed by atoms with Crippen LogP contribution in [0, 0.1) is 6.92 Å². The van der Waals surface area contributed by atoms with E-state index in [0.717, 1.165) is 37.2 Å². The molecule has 3 nitrogen and oxygen atoms in total. The predicted molar refractivity (Wildman–Crippen MR) is 79.1 cm³/mol. The zero-order valence-electron chi connectivity index (χ0n) is 13.0. The van der Waals surface area contributed by atoms with E-state index in [0.29, 0.717) is 0 Å². The zero-order valence-corrected chi connectivity index (χ0v) is 13.0. The van der Waals surface area contributed by atoms with E-state index in [1.54, 1.807) is 0 Å². The van der Waals surface area contributed by atoms with Gasteiger partial charge in [0, 0.05) is 11.6 Å². The number of furan rings is 1. The van der Waals surface area contributed by atoms with Crippen LogP contribution in [0.4, 0.5) is 0 Å². The highest BCUT2D eigenvalue weighted by Crippen LogP contribution is 2.28. The highest BCUT2D eigenvalue weighted by atomic mass is 16.3. The second kappa shape index (κ2) is 5.68. The lowest BCUT2D eigenvalue weighted by molar-refractivity contribution is 0.242. The first kappa shape index (κ1) is 14.6. The lowest BCUT2D eigenvalue weighted by atomic mass is 10.1. The van der Waals surface area contributed by atoms with Gasteiger partial charge >= 0.3 is 0 Å². The molecule has 1 aliphatic carbocycles. The summed E-state index contributed by atoms with van der Waals surface area (Å²) < 4.78 is 6.02. The molecule has 0 aromatic carbocycles. The van der Waals surface area contributed by atoms with Gasteiger partial charge in [-0.25, -0.2) is 0 Å². The maximum absolute atomic E-state index is 6.02. The molecular weight excluding hydrogens is 236 g/mol. The Morgan fingerprint density at radius 1 is 1.37 bits per heavy atom. The molecule has 1 aromatic rings. The number of nitrogens with zero attached hydrogens (tertiary/aromatic N) is 1. The Balaban J connectivity index is 1.95. The first-order valence-electron chi connectivity index (χ1n) is 7.46. The van der Waals surface area contributed by atoms with Crippen molar-refractivity contribution >= 4 is 0 Å². The van der Waals surface area contributed by atoms with Crippen LogP contribution in [0.15, 0.2) is 10.5 Å². The van der Waals surface area contributed by atoms with Crippen LogP contribution >= 0.6 is 0 Å². The lowest BCUT2D eigenvalue weighted by Crippen LogP contribution is -2.35. The number of rotatable bonds is 6. The molecule has 3 heteroatoms. The van der Waals surface area contributed by atoms with Crippen LogP contribution in [0.25, 0.3) is 0 Å². The van der Waals surface area contributed by atoms with Crippen molar-refractivity contribution in [2.45, 2.75) is 72.1 Å². The largest absolute Gasteiger partial charge is 0.463 e. The molecule has 0 unspecified atom stereocenters. The van der Waals surface area contributed by atoms with Crippen LogP contribution in [0.1, 0.15) is 57.6 Å². The molecular formula is C16H28N2O. The SMILES string of the molecule is CCN(Cc1cc(C)c(CNC(C)(C)C)o1)C1CC1. The Labute approximate surface area is 117 Å². The third-order valence-corrected chi connectivity index (χ3v) is 3.68. The molecule has 1 N–H and O–H groups in total. The standard InChI is InChI=1S/C16H28N2O/c1-6-18(13-7-8-13)11-14-9-12(2)15(19-14)10-17-16(3,4)5/h9,13,17H,6-8,10-11H2,1-5H3. The van der Waals surface area contributed by atoms with Gasteiger partial charge in [-0.1, -0.05) is 6.92 Å². The molecule has 0 spiro atoms. The average Bonchev–Trinajstić information content (AvgIpc) is 3.08. The number of nitrogens with one attached hydrogen (secondary N) is 1. The number of hydrogen-bond donors (Lipinski definition) is 1.